The van der Waals surface area contributed by atoms with Gasteiger partial charge in [-0.15, -0.1) is 0 Å². The minimum atomic E-state index is -0.444. The molecule has 3 fully saturated rings. The highest BCUT2D eigenvalue weighted by atomic mass is 35.5. The average Bonchev–Trinajstić information content (AvgIpc) is 3.55. The fraction of sp³-hybridized carbons (Fsp3) is 0.360. The van der Waals surface area contributed by atoms with Crippen LogP contribution in [-0.2, 0) is 19.2 Å². The topological polar surface area (TPSA) is 85.3 Å². The first kappa shape index (κ1) is 21.6. The van der Waals surface area contributed by atoms with Crippen molar-refractivity contribution in [2.45, 2.75) is 19.4 Å². The summed E-state index contributed by atoms with van der Waals surface area (Å²) >= 11 is 12.5. The second kappa shape index (κ2) is 7.82. The number of halogens is 2. The number of ether oxygens (including phenoxy) is 1. The van der Waals surface area contributed by atoms with Gasteiger partial charge < -0.3 is 9.57 Å². The first-order valence-electron chi connectivity index (χ1n) is 11.2. The smallest absolute Gasteiger partial charge is 0.338 e. The van der Waals surface area contributed by atoms with E-state index in [1.165, 1.54) is 4.90 Å². The van der Waals surface area contributed by atoms with Crippen molar-refractivity contribution in [3.05, 3.63) is 63.6 Å². The Morgan fingerprint density at radius 3 is 2.44 bits per heavy atom. The van der Waals surface area contributed by atoms with E-state index in [0.29, 0.717) is 21.3 Å². The zero-order chi connectivity index (χ0) is 23.7. The predicted octanol–water partition coefficient (Wildman–Crippen LogP) is 4.34. The maximum Gasteiger partial charge on any atom is 0.338 e. The summed E-state index contributed by atoms with van der Waals surface area (Å²) in [6.45, 7) is 2.00. The molecule has 2 aliphatic heterocycles. The monoisotopic (exact) mass is 498 g/mol. The number of nitrogens with zero attached hydrogens (tertiary/aromatic N) is 2. The fourth-order valence-corrected chi connectivity index (χ4v) is 6.77. The molecule has 0 N–H and O–H groups in total. The summed E-state index contributed by atoms with van der Waals surface area (Å²) in [4.78, 5) is 46.0. The van der Waals surface area contributed by atoms with Gasteiger partial charge in [0, 0.05) is 22.4 Å². The minimum absolute atomic E-state index is 0.0618. The number of benzene rings is 2. The molecule has 2 aliphatic carbocycles. The Morgan fingerprint density at radius 1 is 1.06 bits per heavy atom. The number of hydrogen-bond donors (Lipinski definition) is 0. The third kappa shape index (κ3) is 2.96. The third-order valence-electron chi connectivity index (χ3n) is 7.53. The molecule has 0 aromatic heterocycles. The molecule has 6 unspecified atom stereocenters. The number of carbonyl (C=O) groups is 3. The lowest BCUT2D eigenvalue weighted by Crippen LogP contribution is -2.41. The Hall–Kier alpha value is -2.90. The number of anilines is 1. The first-order valence-corrected chi connectivity index (χ1v) is 12.0. The molecule has 2 aromatic rings. The van der Waals surface area contributed by atoms with Gasteiger partial charge in [0.25, 0.3) is 0 Å². The van der Waals surface area contributed by atoms with Crippen LogP contribution >= 0.6 is 23.2 Å². The van der Waals surface area contributed by atoms with E-state index in [1.54, 1.807) is 43.3 Å². The second-order valence-corrected chi connectivity index (χ2v) is 9.93. The highest BCUT2D eigenvalue weighted by Gasteiger charge is 2.70. The van der Waals surface area contributed by atoms with Gasteiger partial charge in [0.15, 0.2) is 0 Å². The molecular weight excluding hydrogens is 479 g/mol. The van der Waals surface area contributed by atoms with Crippen molar-refractivity contribution in [3.63, 3.8) is 0 Å². The number of carbonyl (C=O) groups excluding carboxylic acids is 3. The lowest BCUT2D eigenvalue weighted by molar-refractivity contribution is -0.125. The minimum Gasteiger partial charge on any atom is -0.462 e. The van der Waals surface area contributed by atoms with Crippen LogP contribution in [0, 0.1) is 29.6 Å². The first-order chi connectivity index (χ1) is 16.4. The van der Waals surface area contributed by atoms with Crippen molar-refractivity contribution in [2.24, 2.45) is 34.7 Å². The van der Waals surface area contributed by atoms with E-state index < -0.39 is 17.8 Å². The van der Waals surface area contributed by atoms with Crippen molar-refractivity contribution in [3.8, 4) is 0 Å². The molecule has 6 rings (SSSR count). The maximum absolute atomic E-state index is 13.5. The molecule has 2 aromatic carbocycles. The Kier molecular flexibility index (Phi) is 4.97. The average molecular weight is 499 g/mol. The summed E-state index contributed by atoms with van der Waals surface area (Å²) in [5.41, 5.74) is 2.28. The highest BCUT2D eigenvalue weighted by molar-refractivity contribution is 6.37. The summed E-state index contributed by atoms with van der Waals surface area (Å²) in [6.07, 6.45) is 0.484. The van der Waals surface area contributed by atoms with Crippen LogP contribution < -0.4 is 4.90 Å². The molecule has 4 aliphatic rings. The summed E-state index contributed by atoms with van der Waals surface area (Å²) < 4.78 is 5.01. The molecule has 7 nitrogen and oxygen atoms in total. The van der Waals surface area contributed by atoms with Crippen LogP contribution in [0.1, 0.15) is 29.3 Å². The van der Waals surface area contributed by atoms with E-state index in [1.807, 2.05) is 6.07 Å². The lowest BCUT2D eigenvalue weighted by atomic mass is 9.71. The van der Waals surface area contributed by atoms with Crippen LogP contribution in [0.3, 0.4) is 0 Å². The maximum atomic E-state index is 13.5. The van der Waals surface area contributed by atoms with Gasteiger partial charge in [-0.3, -0.25) is 14.5 Å². The van der Waals surface area contributed by atoms with E-state index in [0.717, 1.165) is 17.7 Å². The number of hydrogen-bond acceptors (Lipinski definition) is 6. The zero-order valence-electron chi connectivity index (χ0n) is 18.1. The fourth-order valence-electron chi connectivity index (χ4n) is 6.26. The van der Waals surface area contributed by atoms with Crippen LogP contribution in [0.4, 0.5) is 5.69 Å². The van der Waals surface area contributed by atoms with Crippen molar-refractivity contribution >= 4 is 52.4 Å². The Morgan fingerprint density at radius 2 is 1.76 bits per heavy atom. The molecule has 1 saturated heterocycles. The molecule has 0 radical (unpaired) electrons. The molecule has 34 heavy (non-hydrogen) atoms. The van der Waals surface area contributed by atoms with Gasteiger partial charge in [-0.1, -0.05) is 34.4 Å². The Labute approximate surface area is 205 Å². The van der Waals surface area contributed by atoms with Gasteiger partial charge in [-0.05, 0) is 55.7 Å². The van der Waals surface area contributed by atoms with Gasteiger partial charge in [-0.2, -0.15) is 0 Å². The number of amides is 2. The summed E-state index contributed by atoms with van der Waals surface area (Å²) in [7, 11) is 0. The van der Waals surface area contributed by atoms with Crippen LogP contribution in [0.5, 0.6) is 0 Å². The number of fused-ring (bicyclic) bond motifs is 8. The zero-order valence-corrected chi connectivity index (χ0v) is 19.6. The van der Waals surface area contributed by atoms with Crippen LogP contribution in [0.25, 0.3) is 0 Å². The standard InChI is InChI=1S/C25H20Cl2N2O5/c1-2-33-25(32)11-3-6-13(7-4-11)29-23(30)18-15-10-16(19(18)24(29)31)22-20(15)21(28-34-22)14-8-5-12(26)9-17(14)27/h3-9,15-16,18-20,22H,2,10H2,1H3. The van der Waals surface area contributed by atoms with Crippen molar-refractivity contribution in [2.75, 3.05) is 11.5 Å². The normalized spacial score (nSPS) is 30.8. The summed E-state index contributed by atoms with van der Waals surface area (Å²) in [5, 5.41) is 5.33. The third-order valence-corrected chi connectivity index (χ3v) is 8.08. The van der Waals surface area contributed by atoms with Crippen LogP contribution in [0.2, 0.25) is 10.0 Å². The van der Waals surface area contributed by atoms with Gasteiger partial charge >= 0.3 is 5.97 Å². The van der Waals surface area contributed by atoms with Crippen molar-refractivity contribution in [1.29, 1.82) is 0 Å². The Bertz CT molecular complexity index is 1260. The number of oxime groups is 1. The lowest BCUT2D eigenvalue weighted by Gasteiger charge is -2.30. The highest BCUT2D eigenvalue weighted by Crippen LogP contribution is 2.62. The van der Waals surface area contributed by atoms with Crippen LogP contribution in [0.15, 0.2) is 47.6 Å². The molecule has 2 saturated carbocycles. The van der Waals surface area contributed by atoms with Gasteiger partial charge in [0.05, 0.1) is 40.4 Å². The predicted molar refractivity (Wildman–Crippen MR) is 125 cm³/mol. The van der Waals surface area contributed by atoms with Gasteiger partial charge in [0.2, 0.25) is 11.8 Å². The Balaban J connectivity index is 1.29. The van der Waals surface area contributed by atoms with Gasteiger partial charge in [0.1, 0.15) is 6.10 Å². The second-order valence-electron chi connectivity index (χ2n) is 9.09. The van der Waals surface area contributed by atoms with E-state index in [4.69, 9.17) is 32.8 Å². The van der Waals surface area contributed by atoms with Crippen LogP contribution in [-0.4, -0.2) is 36.2 Å². The largest absolute Gasteiger partial charge is 0.462 e. The molecule has 2 amide bonds. The molecular formula is C25H20Cl2N2O5. The molecule has 9 heteroatoms. The summed E-state index contributed by atoms with van der Waals surface area (Å²) in [5.74, 6) is -1.99. The molecule has 174 valence electrons. The van der Waals surface area contributed by atoms with E-state index in [-0.39, 0.29) is 42.3 Å². The quantitative estimate of drug-likeness (QED) is 0.462. The van der Waals surface area contributed by atoms with Crippen molar-refractivity contribution in [1.82, 2.24) is 0 Å². The number of rotatable bonds is 4. The number of imide groups is 1. The van der Waals surface area contributed by atoms with E-state index >= 15 is 0 Å². The van der Waals surface area contributed by atoms with Crippen molar-refractivity contribution < 1.29 is 24.0 Å². The number of esters is 1. The molecule has 2 heterocycles. The molecule has 6 atom stereocenters. The van der Waals surface area contributed by atoms with Gasteiger partial charge in [-0.25, -0.2) is 4.79 Å². The SMILES string of the molecule is CCOC(=O)c1ccc(N2C(=O)C3C4CC(C5C(c6ccc(Cl)cc6Cl)=NOC45)C3C2=O)cc1. The summed E-state index contributed by atoms with van der Waals surface area (Å²) in [6, 6.07) is 11.6. The van der Waals surface area contributed by atoms with E-state index in [2.05, 4.69) is 5.16 Å². The molecule has 0 spiro atoms. The molecule has 2 bridgehead atoms. The van der Waals surface area contributed by atoms with E-state index in [9.17, 15) is 14.4 Å².